The molecule has 0 saturated heterocycles. The van der Waals surface area contributed by atoms with Crippen molar-refractivity contribution in [3.8, 4) is 0 Å². The van der Waals surface area contributed by atoms with Crippen molar-refractivity contribution < 1.29 is 9.59 Å². The third-order valence-electron chi connectivity index (χ3n) is 1.86. The van der Waals surface area contributed by atoms with Gasteiger partial charge in [-0.25, -0.2) is 0 Å². The fourth-order valence-corrected chi connectivity index (χ4v) is 1.34. The molecule has 0 aromatic heterocycles. The van der Waals surface area contributed by atoms with Gasteiger partial charge < -0.3 is 9.69 Å². The lowest BCUT2D eigenvalue weighted by Gasteiger charge is -2.13. The topological polar surface area (TPSA) is 37.4 Å². The minimum Gasteiger partial charge on any atom is -0.335 e. The zero-order valence-corrected chi connectivity index (χ0v) is 9.55. The number of hydrogen-bond donors (Lipinski definition) is 0. The van der Waals surface area contributed by atoms with Gasteiger partial charge in [-0.15, -0.1) is 0 Å². The molecule has 3 nitrogen and oxygen atoms in total. The van der Waals surface area contributed by atoms with E-state index in [2.05, 4.69) is 0 Å². The average Bonchev–Trinajstić information content (AvgIpc) is 2.21. The molecular formula is C10H9Cl2NO2. The fraction of sp³-hybridized carbons (Fsp3) is 0.200. The lowest BCUT2D eigenvalue weighted by atomic mass is 10.2. The average molecular weight is 246 g/mol. The summed E-state index contributed by atoms with van der Waals surface area (Å²) in [7, 11) is 1.54. The molecule has 1 aromatic rings. The maximum absolute atomic E-state index is 11.7. The first kappa shape index (κ1) is 12.0. The first-order chi connectivity index (χ1) is 7.06. The number of nitrogens with zero attached hydrogens (tertiary/aromatic N) is 1. The summed E-state index contributed by atoms with van der Waals surface area (Å²) in [5.74, 6) is -0.263. The summed E-state index contributed by atoms with van der Waals surface area (Å²) in [5.41, 5.74) is 0.411. The summed E-state index contributed by atoms with van der Waals surface area (Å²) in [5, 5.41) is 0.716. The van der Waals surface area contributed by atoms with Crippen LogP contribution < -0.4 is 0 Å². The molecular weight excluding hydrogens is 237 g/mol. The van der Waals surface area contributed by atoms with Crippen LogP contribution in [0.3, 0.4) is 0 Å². The SMILES string of the molecule is CN(CC=O)C(=O)c1ccc(Cl)c(Cl)c1. The van der Waals surface area contributed by atoms with Crippen LogP contribution >= 0.6 is 23.2 Å². The lowest BCUT2D eigenvalue weighted by molar-refractivity contribution is -0.108. The van der Waals surface area contributed by atoms with Gasteiger partial charge in [-0.2, -0.15) is 0 Å². The molecule has 0 atom stereocenters. The van der Waals surface area contributed by atoms with Gasteiger partial charge in [0.1, 0.15) is 6.29 Å². The molecule has 80 valence electrons. The highest BCUT2D eigenvalue weighted by molar-refractivity contribution is 6.42. The number of aldehydes is 1. The Hall–Kier alpha value is -1.06. The second kappa shape index (κ2) is 5.14. The molecule has 0 N–H and O–H groups in total. The van der Waals surface area contributed by atoms with Gasteiger partial charge in [-0.05, 0) is 18.2 Å². The molecule has 1 amide bonds. The summed E-state index contributed by atoms with van der Waals surface area (Å²) in [6.07, 6.45) is 0.662. The number of benzene rings is 1. The second-order valence-electron chi connectivity index (χ2n) is 2.98. The summed E-state index contributed by atoms with van der Waals surface area (Å²) >= 11 is 11.5. The molecule has 0 aliphatic rings. The highest BCUT2D eigenvalue weighted by Crippen LogP contribution is 2.22. The molecule has 0 saturated carbocycles. The van der Waals surface area contributed by atoms with Gasteiger partial charge in [-0.1, -0.05) is 23.2 Å². The van der Waals surface area contributed by atoms with E-state index >= 15 is 0 Å². The zero-order chi connectivity index (χ0) is 11.4. The van der Waals surface area contributed by atoms with Crippen molar-refractivity contribution in [3.05, 3.63) is 33.8 Å². The number of rotatable bonds is 3. The molecule has 1 aromatic carbocycles. The minimum absolute atomic E-state index is 0.0546. The minimum atomic E-state index is -0.263. The maximum atomic E-state index is 11.7. The number of halogens is 2. The maximum Gasteiger partial charge on any atom is 0.254 e. The van der Waals surface area contributed by atoms with Crippen LogP contribution in [0.25, 0.3) is 0 Å². The van der Waals surface area contributed by atoms with Gasteiger partial charge in [0, 0.05) is 12.6 Å². The van der Waals surface area contributed by atoms with E-state index in [9.17, 15) is 9.59 Å². The molecule has 0 bridgehead atoms. The van der Waals surface area contributed by atoms with Crippen molar-refractivity contribution in [2.75, 3.05) is 13.6 Å². The van der Waals surface area contributed by atoms with Gasteiger partial charge in [0.15, 0.2) is 0 Å². The lowest BCUT2D eigenvalue weighted by Crippen LogP contribution is -2.28. The predicted octanol–water partition coefficient (Wildman–Crippen LogP) is 2.26. The molecule has 15 heavy (non-hydrogen) atoms. The van der Waals surface area contributed by atoms with Crippen LogP contribution in [0.2, 0.25) is 10.0 Å². The predicted molar refractivity (Wildman–Crippen MR) is 59.5 cm³/mol. The fourth-order valence-electron chi connectivity index (χ4n) is 1.04. The standard InChI is InChI=1S/C10H9Cl2NO2/c1-13(4-5-14)10(15)7-2-3-8(11)9(12)6-7/h2-3,5-6H,4H2,1H3. The normalized spacial score (nSPS) is 9.80. The van der Waals surface area contributed by atoms with E-state index in [-0.39, 0.29) is 12.5 Å². The quantitative estimate of drug-likeness (QED) is 0.767. The van der Waals surface area contributed by atoms with Crippen LogP contribution in [0.4, 0.5) is 0 Å². The molecule has 5 heteroatoms. The van der Waals surface area contributed by atoms with E-state index < -0.39 is 0 Å². The van der Waals surface area contributed by atoms with E-state index in [0.717, 1.165) is 0 Å². The van der Waals surface area contributed by atoms with Crippen molar-refractivity contribution in [1.29, 1.82) is 0 Å². The van der Waals surface area contributed by atoms with E-state index in [1.165, 1.54) is 11.0 Å². The molecule has 0 unspecified atom stereocenters. The molecule has 0 radical (unpaired) electrons. The number of hydrogen-bond acceptors (Lipinski definition) is 2. The Balaban J connectivity index is 2.91. The summed E-state index contributed by atoms with van der Waals surface area (Å²) < 4.78 is 0. The van der Waals surface area contributed by atoms with Crippen LogP contribution in [-0.4, -0.2) is 30.7 Å². The Morgan fingerprint density at radius 1 is 1.40 bits per heavy atom. The van der Waals surface area contributed by atoms with Crippen molar-refractivity contribution in [2.45, 2.75) is 0 Å². The Morgan fingerprint density at radius 2 is 2.07 bits per heavy atom. The molecule has 1 rings (SSSR count). The zero-order valence-electron chi connectivity index (χ0n) is 8.04. The summed E-state index contributed by atoms with van der Waals surface area (Å²) in [6, 6.07) is 4.59. The van der Waals surface area contributed by atoms with Crippen molar-refractivity contribution in [3.63, 3.8) is 0 Å². The first-order valence-electron chi connectivity index (χ1n) is 4.20. The van der Waals surface area contributed by atoms with Gasteiger partial charge in [0.2, 0.25) is 0 Å². The van der Waals surface area contributed by atoms with E-state index in [1.54, 1.807) is 19.2 Å². The van der Waals surface area contributed by atoms with E-state index in [0.29, 0.717) is 21.9 Å². The van der Waals surface area contributed by atoms with Crippen molar-refractivity contribution in [2.24, 2.45) is 0 Å². The van der Waals surface area contributed by atoms with Crippen LogP contribution in [0.15, 0.2) is 18.2 Å². The third-order valence-corrected chi connectivity index (χ3v) is 2.60. The van der Waals surface area contributed by atoms with Gasteiger partial charge in [-0.3, -0.25) is 4.79 Å². The number of likely N-dealkylation sites (N-methyl/N-ethyl adjacent to an activating group) is 1. The molecule has 0 spiro atoms. The summed E-state index contributed by atoms with van der Waals surface area (Å²) in [6.45, 7) is 0.0546. The van der Waals surface area contributed by atoms with Gasteiger partial charge in [0.25, 0.3) is 5.91 Å². The number of carbonyl (C=O) groups is 2. The van der Waals surface area contributed by atoms with E-state index in [4.69, 9.17) is 23.2 Å². The van der Waals surface area contributed by atoms with Crippen LogP contribution in [0, 0.1) is 0 Å². The third kappa shape index (κ3) is 2.94. The molecule has 0 aliphatic heterocycles. The molecule has 0 aliphatic carbocycles. The summed E-state index contributed by atoms with van der Waals surface area (Å²) in [4.78, 5) is 23.2. The Labute approximate surface area is 97.6 Å². The molecule has 0 fully saturated rings. The van der Waals surface area contributed by atoms with Gasteiger partial charge >= 0.3 is 0 Å². The monoisotopic (exact) mass is 245 g/mol. The van der Waals surface area contributed by atoms with E-state index in [1.807, 2.05) is 0 Å². The largest absolute Gasteiger partial charge is 0.335 e. The highest BCUT2D eigenvalue weighted by atomic mass is 35.5. The number of carbonyl (C=O) groups excluding carboxylic acids is 2. The van der Waals surface area contributed by atoms with Crippen molar-refractivity contribution in [1.82, 2.24) is 4.90 Å². The van der Waals surface area contributed by atoms with Crippen molar-refractivity contribution >= 4 is 35.4 Å². The highest BCUT2D eigenvalue weighted by Gasteiger charge is 2.12. The van der Waals surface area contributed by atoms with Crippen LogP contribution in [0.5, 0.6) is 0 Å². The Bertz CT molecular complexity index is 393. The van der Waals surface area contributed by atoms with Crippen LogP contribution in [-0.2, 0) is 4.79 Å². The van der Waals surface area contributed by atoms with Crippen LogP contribution in [0.1, 0.15) is 10.4 Å². The Morgan fingerprint density at radius 3 is 2.60 bits per heavy atom. The second-order valence-corrected chi connectivity index (χ2v) is 3.80. The van der Waals surface area contributed by atoms with Gasteiger partial charge in [0.05, 0.1) is 16.6 Å². The molecule has 0 heterocycles. The smallest absolute Gasteiger partial charge is 0.254 e. The number of amides is 1. The Kier molecular flexibility index (Phi) is 4.12. The first-order valence-corrected chi connectivity index (χ1v) is 4.96.